The topological polar surface area (TPSA) is 28.2 Å². The van der Waals surface area contributed by atoms with E-state index in [2.05, 4.69) is 59.5 Å². The molecule has 2 unspecified atom stereocenters. The van der Waals surface area contributed by atoms with Crippen LogP contribution in [-0.2, 0) is 6.54 Å². The first-order valence-electron chi connectivity index (χ1n) is 7.90. The standard InChI is InChI=1S/C18H25N3/c1-13-12-21(3)9-8-17(13)19-11-15-5-7-18-16(10-15)6-4-14(2)20-18/h4-7,10,13,17,19H,8-9,11-12H2,1-3H3. The Balaban J connectivity index is 1.66. The zero-order valence-electron chi connectivity index (χ0n) is 13.3. The maximum absolute atomic E-state index is 4.56. The zero-order chi connectivity index (χ0) is 14.8. The summed E-state index contributed by atoms with van der Waals surface area (Å²) in [5, 5.41) is 4.97. The van der Waals surface area contributed by atoms with Crippen LogP contribution in [0.15, 0.2) is 30.3 Å². The second kappa shape index (κ2) is 6.12. The van der Waals surface area contributed by atoms with Gasteiger partial charge >= 0.3 is 0 Å². The number of nitrogens with one attached hydrogen (secondary N) is 1. The van der Waals surface area contributed by atoms with Crippen molar-refractivity contribution in [2.24, 2.45) is 5.92 Å². The van der Waals surface area contributed by atoms with Gasteiger partial charge in [0, 0.05) is 30.2 Å². The largest absolute Gasteiger partial charge is 0.310 e. The summed E-state index contributed by atoms with van der Waals surface area (Å²) in [6.07, 6.45) is 1.24. The Kier molecular flexibility index (Phi) is 4.22. The first-order valence-corrected chi connectivity index (χ1v) is 7.90. The van der Waals surface area contributed by atoms with Crippen molar-refractivity contribution in [1.82, 2.24) is 15.2 Å². The third-order valence-electron chi connectivity index (χ3n) is 4.57. The third kappa shape index (κ3) is 3.42. The summed E-state index contributed by atoms with van der Waals surface area (Å²) in [5.74, 6) is 0.716. The van der Waals surface area contributed by atoms with E-state index < -0.39 is 0 Å². The molecule has 1 fully saturated rings. The van der Waals surface area contributed by atoms with Crippen LogP contribution in [-0.4, -0.2) is 36.1 Å². The van der Waals surface area contributed by atoms with Gasteiger partial charge in [-0.3, -0.25) is 4.98 Å². The number of rotatable bonds is 3. The maximum Gasteiger partial charge on any atom is 0.0705 e. The summed E-state index contributed by atoms with van der Waals surface area (Å²) >= 11 is 0. The van der Waals surface area contributed by atoms with Crippen molar-refractivity contribution in [2.45, 2.75) is 32.9 Å². The lowest BCUT2D eigenvalue weighted by Gasteiger charge is -2.35. The SMILES string of the molecule is Cc1ccc2cc(CNC3CCN(C)CC3C)ccc2n1. The van der Waals surface area contributed by atoms with E-state index in [1.165, 1.54) is 30.5 Å². The Morgan fingerprint density at radius 2 is 2.14 bits per heavy atom. The fourth-order valence-electron chi connectivity index (χ4n) is 3.29. The number of nitrogens with zero attached hydrogens (tertiary/aromatic N) is 2. The molecule has 3 heteroatoms. The highest BCUT2D eigenvalue weighted by Gasteiger charge is 2.23. The van der Waals surface area contributed by atoms with Gasteiger partial charge in [0.2, 0.25) is 0 Å². The van der Waals surface area contributed by atoms with Gasteiger partial charge in [-0.2, -0.15) is 0 Å². The number of benzene rings is 1. The van der Waals surface area contributed by atoms with E-state index in [1.807, 2.05) is 6.92 Å². The Morgan fingerprint density at radius 3 is 2.95 bits per heavy atom. The van der Waals surface area contributed by atoms with Gasteiger partial charge in [-0.05, 0) is 56.6 Å². The van der Waals surface area contributed by atoms with Gasteiger partial charge in [-0.1, -0.05) is 19.1 Å². The minimum Gasteiger partial charge on any atom is -0.310 e. The second-order valence-electron chi connectivity index (χ2n) is 6.50. The van der Waals surface area contributed by atoms with Crippen molar-refractivity contribution in [3.05, 3.63) is 41.6 Å². The van der Waals surface area contributed by atoms with Gasteiger partial charge in [-0.25, -0.2) is 0 Å². The number of piperidine rings is 1. The molecule has 0 saturated carbocycles. The van der Waals surface area contributed by atoms with Crippen LogP contribution in [0.1, 0.15) is 24.6 Å². The second-order valence-corrected chi connectivity index (χ2v) is 6.50. The first kappa shape index (κ1) is 14.5. The van der Waals surface area contributed by atoms with Gasteiger partial charge in [0.1, 0.15) is 0 Å². The molecule has 1 saturated heterocycles. The Morgan fingerprint density at radius 1 is 1.29 bits per heavy atom. The summed E-state index contributed by atoms with van der Waals surface area (Å²) in [4.78, 5) is 6.98. The highest BCUT2D eigenvalue weighted by Crippen LogP contribution is 2.18. The molecular formula is C18H25N3. The molecule has 0 aliphatic carbocycles. The molecule has 2 heterocycles. The van der Waals surface area contributed by atoms with Crippen molar-refractivity contribution in [3.8, 4) is 0 Å². The van der Waals surface area contributed by atoms with Gasteiger partial charge in [0.05, 0.1) is 5.52 Å². The number of aryl methyl sites for hydroxylation is 1. The van der Waals surface area contributed by atoms with Gasteiger partial charge in [0.25, 0.3) is 0 Å². The van der Waals surface area contributed by atoms with Crippen molar-refractivity contribution >= 4 is 10.9 Å². The lowest BCUT2D eigenvalue weighted by Crippen LogP contribution is -2.46. The lowest BCUT2D eigenvalue weighted by molar-refractivity contribution is 0.174. The quantitative estimate of drug-likeness (QED) is 0.938. The van der Waals surface area contributed by atoms with Crippen molar-refractivity contribution in [3.63, 3.8) is 0 Å². The Bertz CT molecular complexity index is 623. The molecule has 3 rings (SSSR count). The molecule has 112 valence electrons. The predicted molar refractivity (Wildman–Crippen MR) is 88.4 cm³/mol. The van der Waals surface area contributed by atoms with E-state index in [-0.39, 0.29) is 0 Å². The number of hydrogen-bond acceptors (Lipinski definition) is 3. The van der Waals surface area contributed by atoms with Crippen molar-refractivity contribution < 1.29 is 0 Å². The van der Waals surface area contributed by atoms with E-state index in [4.69, 9.17) is 0 Å². The van der Waals surface area contributed by atoms with Crippen LogP contribution >= 0.6 is 0 Å². The molecule has 2 atom stereocenters. The van der Waals surface area contributed by atoms with Crippen LogP contribution in [0.4, 0.5) is 0 Å². The number of fused-ring (bicyclic) bond motifs is 1. The minimum absolute atomic E-state index is 0.632. The average Bonchev–Trinajstić information content (AvgIpc) is 2.46. The van der Waals surface area contributed by atoms with Crippen LogP contribution in [0.2, 0.25) is 0 Å². The Labute approximate surface area is 127 Å². The van der Waals surface area contributed by atoms with Gasteiger partial charge < -0.3 is 10.2 Å². The lowest BCUT2D eigenvalue weighted by atomic mass is 9.94. The molecule has 21 heavy (non-hydrogen) atoms. The number of pyridine rings is 1. The van der Waals surface area contributed by atoms with Gasteiger partial charge in [-0.15, -0.1) is 0 Å². The number of hydrogen-bond donors (Lipinski definition) is 1. The molecule has 1 N–H and O–H groups in total. The summed E-state index contributed by atoms with van der Waals surface area (Å²) in [6, 6.07) is 11.5. The van der Waals surface area contributed by atoms with Gasteiger partial charge in [0.15, 0.2) is 0 Å². The molecule has 2 aromatic rings. The van der Waals surface area contributed by atoms with E-state index >= 15 is 0 Å². The molecule has 1 aromatic carbocycles. The molecule has 1 aliphatic rings. The number of likely N-dealkylation sites (tertiary alicyclic amines) is 1. The smallest absolute Gasteiger partial charge is 0.0705 e. The average molecular weight is 283 g/mol. The molecule has 3 nitrogen and oxygen atoms in total. The third-order valence-corrected chi connectivity index (χ3v) is 4.57. The first-order chi connectivity index (χ1) is 10.1. The van der Waals surface area contributed by atoms with E-state index in [9.17, 15) is 0 Å². The van der Waals surface area contributed by atoms with Crippen LogP contribution < -0.4 is 5.32 Å². The van der Waals surface area contributed by atoms with E-state index in [1.54, 1.807) is 0 Å². The molecule has 1 aromatic heterocycles. The highest BCUT2D eigenvalue weighted by molar-refractivity contribution is 5.79. The summed E-state index contributed by atoms with van der Waals surface area (Å²) < 4.78 is 0. The van der Waals surface area contributed by atoms with E-state index in [0.717, 1.165) is 17.8 Å². The molecular weight excluding hydrogens is 258 g/mol. The molecule has 0 amide bonds. The monoisotopic (exact) mass is 283 g/mol. The molecule has 1 aliphatic heterocycles. The normalized spacial score (nSPS) is 23.6. The summed E-state index contributed by atoms with van der Waals surface area (Å²) in [7, 11) is 2.21. The molecule has 0 spiro atoms. The summed E-state index contributed by atoms with van der Waals surface area (Å²) in [5.41, 5.74) is 3.51. The summed E-state index contributed by atoms with van der Waals surface area (Å²) in [6.45, 7) is 7.72. The maximum atomic E-state index is 4.56. The highest BCUT2D eigenvalue weighted by atomic mass is 15.1. The zero-order valence-corrected chi connectivity index (χ0v) is 13.3. The van der Waals surface area contributed by atoms with Crippen molar-refractivity contribution in [2.75, 3.05) is 20.1 Å². The van der Waals surface area contributed by atoms with E-state index in [0.29, 0.717) is 12.0 Å². The van der Waals surface area contributed by atoms with Crippen LogP contribution in [0.25, 0.3) is 10.9 Å². The fourth-order valence-corrected chi connectivity index (χ4v) is 3.29. The Hall–Kier alpha value is -1.45. The van der Waals surface area contributed by atoms with Crippen LogP contribution in [0.3, 0.4) is 0 Å². The number of aromatic nitrogens is 1. The molecule has 0 bridgehead atoms. The fraction of sp³-hybridized carbons (Fsp3) is 0.500. The molecule has 0 radical (unpaired) electrons. The minimum atomic E-state index is 0.632. The van der Waals surface area contributed by atoms with Crippen molar-refractivity contribution in [1.29, 1.82) is 0 Å². The predicted octanol–water partition coefficient (Wildman–Crippen LogP) is 2.97. The van der Waals surface area contributed by atoms with Crippen LogP contribution in [0.5, 0.6) is 0 Å². The van der Waals surface area contributed by atoms with Crippen LogP contribution in [0, 0.1) is 12.8 Å².